The predicted octanol–water partition coefficient (Wildman–Crippen LogP) is 1.58. The van der Waals surface area contributed by atoms with E-state index >= 15 is 0 Å². The summed E-state index contributed by atoms with van der Waals surface area (Å²) in [6.45, 7) is 7.03. The molecule has 0 spiro atoms. The molecule has 0 aromatic heterocycles. The summed E-state index contributed by atoms with van der Waals surface area (Å²) in [7, 11) is 0. The lowest BCUT2D eigenvalue weighted by atomic mass is 9.85. The predicted molar refractivity (Wildman–Crippen MR) is 66.4 cm³/mol. The molecule has 0 bridgehead atoms. The van der Waals surface area contributed by atoms with Gasteiger partial charge in [-0.3, -0.25) is 0 Å². The largest absolute Gasteiger partial charge is 0.389 e. The van der Waals surface area contributed by atoms with Crippen molar-refractivity contribution in [3.63, 3.8) is 0 Å². The van der Waals surface area contributed by atoms with Gasteiger partial charge in [0.05, 0.1) is 19.3 Å². The molecule has 0 radical (unpaired) electrons. The fraction of sp³-hybridized carbons (Fsp3) is 0.846. The minimum atomic E-state index is -0.380. The average molecular weight is 227 g/mol. The number of hydrogen-bond acceptors (Lipinski definition) is 3. The Kier molecular flexibility index (Phi) is 6.69. The molecule has 0 fully saturated rings. The summed E-state index contributed by atoms with van der Waals surface area (Å²) in [6.07, 6.45) is 6.39. The van der Waals surface area contributed by atoms with E-state index < -0.39 is 0 Å². The molecule has 0 amide bonds. The van der Waals surface area contributed by atoms with E-state index in [9.17, 15) is 5.11 Å². The van der Waals surface area contributed by atoms with Crippen molar-refractivity contribution in [2.75, 3.05) is 26.3 Å². The molecule has 0 aromatic carbocycles. The highest BCUT2D eigenvalue weighted by molar-refractivity contribution is 4.93. The zero-order valence-electron chi connectivity index (χ0n) is 10.5. The van der Waals surface area contributed by atoms with E-state index in [4.69, 9.17) is 4.74 Å². The lowest BCUT2D eigenvalue weighted by Crippen LogP contribution is -2.31. The van der Waals surface area contributed by atoms with Crippen LogP contribution in [0.5, 0.6) is 0 Å². The van der Waals surface area contributed by atoms with Crippen molar-refractivity contribution in [2.45, 2.75) is 32.8 Å². The standard InChI is InChI=1S/C13H25NO2/c1-3-14-8-13(15)10-16-9-12-7-5-4-6-11(12)2/h4-5,11-15H,3,6-10H2,1-2H3. The molecule has 3 heteroatoms. The van der Waals surface area contributed by atoms with Gasteiger partial charge in [0.25, 0.3) is 0 Å². The van der Waals surface area contributed by atoms with Crippen molar-refractivity contribution in [2.24, 2.45) is 11.8 Å². The Morgan fingerprint density at radius 2 is 2.19 bits per heavy atom. The minimum absolute atomic E-state index is 0.380. The van der Waals surface area contributed by atoms with Gasteiger partial charge in [-0.25, -0.2) is 0 Å². The van der Waals surface area contributed by atoms with Gasteiger partial charge in [0.1, 0.15) is 0 Å². The number of hydrogen-bond donors (Lipinski definition) is 2. The maximum absolute atomic E-state index is 9.57. The van der Waals surface area contributed by atoms with Crippen LogP contribution in [-0.2, 0) is 4.74 Å². The van der Waals surface area contributed by atoms with Crippen LogP contribution in [0.3, 0.4) is 0 Å². The van der Waals surface area contributed by atoms with Gasteiger partial charge in [0.15, 0.2) is 0 Å². The molecule has 3 nitrogen and oxygen atoms in total. The highest BCUT2D eigenvalue weighted by atomic mass is 16.5. The topological polar surface area (TPSA) is 41.5 Å². The van der Waals surface area contributed by atoms with Gasteiger partial charge >= 0.3 is 0 Å². The summed E-state index contributed by atoms with van der Waals surface area (Å²) < 4.78 is 5.58. The Morgan fingerprint density at radius 1 is 1.44 bits per heavy atom. The Balaban J connectivity index is 2.08. The number of allylic oxidation sites excluding steroid dienone is 2. The third kappa shape index (κ3) is 5.10. The Bertz CT molecular complexity index is 206. The number of rotatable bonds is 7. The Labute approximate surface area is 98.9 Å². The lowest BCUT2D eigenvalue weighted by molar-refractivity contribution is 0.0131. The van der Waals surface area contributed by atoms with Crippen LogP contribution < -0.4 is 5.32 Å². The van der Waals surface area contributed by atoms with E-state index in [1.165, 1.54) is 0 Å². The smallest absolute Gasteiger partial charge is 0.0897 e. The molecule has 3 atom stereocenters. The monoisotopic (exact) mass is 227 g/mol. The fourth-order valence-corrected chi connectivity index (χ4v) is 1.96. The molecule has 0 heterocycles. The third-order valence-electron chi connectivity index (χ3n) is 3.19. The van der Waals surface area contributed by atoms with E-state index in [0.717, 1.165) is 26.0 Å². The lowest BCUT2D eigenvalue weighted by Gasteiger charge is -2.25. The van der Waals surface area contributed by atoms with E-state index in [-0.39, 0.29) is 6.10 Å². The molecule has 0 aliphatic heterocycles. The van der Waals surface area contributed by atoms with Gasteiger partial charge in [-0.2, -0.15) is 0 Å². The van der Waals surface area contributed by atoms with Crippen molar-refractivity contribution in [3.05, 3.63) is 12.2 Å². The first-order valence-corrected chi connectivity index (χ1v) is 6.35. The summed E-state index contributed by atoms with van der Waals surface area (Å²) >= 11 is 0. The number of nitrogens with one attached hydrogen (secondary N) is 1. The molecular formula is C13H25NO2. The van der Waals surface area contributed by atoms with Crippen molar-refractivity contribution < 1.29 is 9.84 Å². The molecule has 1 aliphatic carbocycles. The number of ether oxygens (including phenoxy) is 1. The summed E-state index contributed by atoms with van der Waals surface area (Å²) in [5.41, 5.74) is 0. The Hall–Kier alpha value is -0.380. The first-order valence-electron chi connectivity index (χ1n) is 6.35. The van der Waals surface area contributed by atoms with E-state index in [0.29, 0.717) is 25.0 Å². The summed E-state index contributed by atoms with van der Waals surface area (Å²) in [5, 5.41) is 12.7. The maximum atomic E-state index is 9.57. The van der Waals surface area contributed by atoms with Crippen LogP contribution in [0, 0.1) is 11.8 Å². The molecule has 94 valence electrons. The normalized spacial score (nSPS) is 26.9. The number of aliphatic hydroxyl groups excluding tert-OH is 1. The second-order valence-corrected chi connectivity index (χ2v) is 4.68. The molecule has 3 unspecified atom stereocenters. The van der Waals surface area contributed by atoms with Crippen molar-refractivity contribution in [3.8, 4) is 0 Å². The van der Waals surface area contributed by atoms with Crippen molar-refractivity contribution in [1.29, 1.82) is 0 Å². The molecule has 0 saturated heterocycles. The van der Waals surface area contributed by atoms with Crippen LogP contribution in [-0.4, -0.2) is 37.5 Å². The van der Waals surface area contributed by atoms with Gasteiger partial charge in [-0.1, -0.05) is 26.0 Å². The molecule has 2 N–H and O–H groups in total. The van der Waals surface area contributed by atoms with E-state index in [2.05, 4.69) is 24.4 Å². The van der Waals surface area contributed by atoms with Gasteiger partial charge in [-0.15, -0.1) is 0 Å². The zero-order chi connectivity index (χ0) is 11.8. The van der Waals surface area contributed by atoms with Crippen LogP contribution in [0.2, 0.25) is 0 Å². The summed E-state index contributed by atoms with van der Waals surface area (Å²) in [4.78, 5) is 0. The SMILES string of the molecule is CCNCC(O)COCC1CC=CCC1C. The molecule has 1 rings (SSSR count). The maximum Gasteiger partial charge on any atom is 0.0897 e. The van der Waals surface area contributed by atoms with Crippen LogP contribution >= 0.6 is 0 Å². The number of likely N-dealkylation sites (N-methyl/N-ethyl adjacent to an activating group) is 1. The molecular weight excluding hydrogens is 202 g/mol. The van der Waals surface area contributed by atoms with Gasteiger partial charge in [0.2, 0.25) is 0 Å². The van der Waals surface area contributed by atoms with Crippen molar-refractivity contribution >= 4 is 0 Å². The average Bonchev–Trinajstić information content (AvgIpc) is 2.29. The molecule has 0 aromatic rings. The zero-order valence-corrected chi connectivity index (χ0v) is 10.5. The van der Waals surface area contributed by atoms with Crippen LogP contribution in [0.4, 0.5) is 0 Å². The first kappa shape index (κ1) is 13.7. The highest BCUT2D eigenvalue weighted by Crippen LogP contribution is 2.24. The fourth-order valence-electron chi connectivity index (χ4n) is 1.96. The molecule has 16 heavy (non-hydrogen) atoms. The number of aliphatic hydroxyl groups is 1. The van der Waals surface area contributed by atoms with Crippen LogP contribution in [0.25, 0.3) is 0 Å². The minimum Gasteiger partial charge on any atom is -0.389 e. The van der Waals surface area contributed by atoms with Gasteiger partial charge < -0.3 is 15.2 Å². The highest BCUT2D eigenvalue weighted by Gasteiger charge is 2.18. The van der Waals surface area contributed by atoms with Crippen molar-refractivity contribution in [1.82, 2.24) is 5.32 Å². The molecule has 1 aliphatic rings. The Morgan fingerprint density at radius 3 is 2.88 bits per heavy atom. The van der Waals surface area contributed by atoms with E-state index in [1.807, 2.05) is 6.92 Å². The summed E-state index contributed by atoms with van der Waals surface area (Å²) in [5.74, 6) is 1.33. The second kappa shape index (κ2) is 7.82. The van der Waals surface area contributed by atoms with Gasteiger partial charge in [0, 0.05) is 6.54 Å². The van der Waals surface area contributed by atoms with E-state index in [1.54, 1.807) is 0 Å². The first-order chi connectivity index (χ1) is 7.74. The summed E-state index contributed by atoms with van der Waals surface area (Å²) in [6, 6.07) is 0. The van der Waals surface area contributed by atoms with Crippen LogP contribution in [0.15, 0.2) is 12.2 Å². The quantitative estimate of drug-likeness (QED) is 0.649. The third-order valence-corrected chi connectivity index (χ3v) is 3.19. The van der Waals surface area contributed by atoms with Crippen LogP contribution in [0.1, 0.15) is 26.7 Å². The second-order valence-electron chi connectivity index (χ2n) is 4.68. The molecule has 0 saturated carbocycles. The van der Waals surface area contributed by atoms with Gasteiger partial charge in [-0.05, 0) is 31.2 Å².